The molecule has 0 aliphatic heterocycles. The second-order valence-electron chi connectivity index (χ2n) is 4.32. The van der Waals surface area contributed by atoms with Gasteiger partial charge in [-0.15, -0.1) is 0 Å². The number of rotatable bonds is 4. The van der Waals surface area contributed by atoms with Gasteiger partial charge in [0.05, 0.1) is 6.54 Å². The van der Waals surface area contributed by atoms with E-state index < -0.39 is 5.60 Å². The van der Waals surface area contributed by atoms with E-state index in [1.54, 1.807) is 25.1 Å². The third kappa shape index (κ3) is 3.05. The zero-order valence-electron chi connectivity index (χ0n) is 10.2. The van der Waals surface area contributed by atoms with Crippen LogP contribution in [0.5, 0.6) is 0 Å². The van der Waals surface area contributed by atoms with Crippen LogP contribution < -0.4 is 0 Å². The van der Waals surface area contributed by atoms with Crippen molar-refractivity contribution in [2.24, 2.45) is 0 Å². The maximum absolute atomic E-state index is 10.9. The van der Waals surface area contributed by atoms with Gasteiger partial charge in [-0.05, 0) is 12.1 Å². The van der Waals surface area contributed by atoms with Gasteiger partial charge in [-0.3, -0.25) is 0 Å². The summed E-state index contributed by atoms with van der Waals surface area (Å²) in [5.41, 5.74) is -0.699. The molecule has 0 bridgehead atoms. The first-order valence-corrected chi connectivity index (χ1v) is 6.89. The van der Waals surface area contributed by atoms with Crippen LogP contribution in [0.3, 0.4) is 0 Å². The normalized spacial score (nSPS) is 16.1. The maximum Gasteiger partial charge on any atom is 0.137 e. The van der Waals surface area contributed by atoms with E-state index >= 15 is 0 Å². The van der Waals surface area contributed by atoms with Crippen LogP contribution in [0.1, 0.15) is 12.5 Å². The first-order chi connectivity index (χ1) is 8.93. The molecule has 2 aromatic rings. The van der Waals surface area contributed by atoms with Crippen LogP contribution in [0.2, 0.25) is 10.0 Å². The molecule has 4 nitrogen and oxygen atoms in total. The Balaban J connectivity index is 2.43. The van der Waals surface area contributed by atoms with E-state index in [9.17, 15) is 5.11 Å². The lowest BCUT2D eigenvalue weighted by atomic mass is 9.90. The third-order valence-corrected chi connectivity index (χ3v) is 3.93. The number of aliphatic hydroxyl groups is 1. The molecule has 0 aliphatic carbocycles. The molecule has 1 N–H and O–H groups in total. The van der Waals surface area contributed by atoms with Crippen molar-refractivity contribution in [3.63, 3.8) is 0 Å². The van der Waals surface area contributed by atoms with Gasteiger partial charge in [-0.2, -0.15) is 17.7 Å². The fourth-order valence-corrected chi connectivity index (χ4v) is 2.64. The first-order valence-electron chi connectivity index (χ1n) is 5.62. The minimum Gasteiger partial charge on any atom is -0.382 e. The van der Waals surface area contributed by atoms with E-state index in [0.29, 0.717) is 15.6 Å². The van der Waals surface area contributed by atoms with E-state index in [1.807, 2.05) is 0 Å². The van der Waals surface area contributed by atoms with Crippen molar-refractivity contribution in [2.45, 2.75) is 24.3 Å². The van der Waals surface area contributed by atoms with Crippen LogP contribution in [0.4, 0.5) is 0 Å². The van der Waals surface area contributed by atoms with Crippen LogP contribution >= 0.6 is 35.8 Å². The minimum atomic E-state index is -1.27. The molecule has 19 heavy (non-hydrogen) atoms. The van der Waals surface area contributed by atoms with E-state index in [2.05, 4.69) is 22.7 Å². The topological polar surface area (TPSA) is 50.9 Å². The van der Waals surface area contributed by atoms with Gasteiger partial charge >= 0.3 is 0 Å². The van der Waals surface area contributed by atoms with Crippen LogP contribution in [0.15, 0.2) is 30.9 Å². The quantitative estimate of drug-likeness (QED) is 0.852. The first kappa shape index (κ1) is 14.7. The number of nitrogens with zero attached hydrogens (tertiary/aromatic N) is 3. The van der Waals surface area contributed by atoms with Gasteiger partial charge in [0.2, 0.25) is 0 Å². The predicted octanol–water partition coefficient (Wildman–Crippen LogP) is 2.79. The fraction of sp³-hybridized carbons (Fsp3) is 0.333. The molecule has 7 heteroatoms. The lowest BCUT2D eigenvalue weighted by molar-refractivity contribution is 0.0173. The standard InChI is InChI=1S/C12H13Cl2N3OS/c1-8(19)12(18,5-17-7-15-6-16-17)10-3-2-9(13)4-11(10)14/h2-4,6-8,18-19H,5H2,1H3. The Morgan fingerprint density at radius 2 is 2.21 bits per heavy atom. The molecule has 0 amide bonds. The summed E-state index contributed by atoms with van der Waals surface area (Å²) in [5.74, 6) is 0. The fourth-order valence-electron chi connectivity index (χ4n) is 1.84. The number of aromatic nitrogens is 3. The highest BCUT2D eigenvalue weighted by Crippen LogP contribution is 2.36. The molecule has 102 valence electrons. The van der Waals surface area contributed by atoms with Crippen LogP contribution in [-0.2, 0) is 12.1 Å². The Morgan fingerprint density at radius 1 is 1.47 bits per heavy atom. The molecular formula is C12H13Cl2N3OS. The van der Waals surface area contributed by atoms with Gasteiger partial charge < -0.3 is 5.11 Å². The zero-order valence-corrected chi connectivity index (χ0v) is 12.6. The van der Waals surface area contributed by atoms with Crippen molar-refractivity contribution in [1.82, 2.24) is 14.8 Å². The van der Waals surface area contributed by atoms with Gasteiger partial charge in [0, 0.05) is 20.9 Å². The largest absolute Gasteiger partial charge is 0.382 e. The highest BCUT2D eigenvalue weighted by atomic mass is 35.5. The van der Waals surface area contributed by atoms with Crippen LogP contribution in [0.25, 0.3) is 0 Å². The van der Waals surface area contributed by atoms with Crippen molar-refractivity contribution in [1.29, 1.82) is 0 Å². The average molecular weight is 318 g/mol. The summed E-state index contributed by atoms with van der Waals surface area (Å²) in [4.78, 5) is 3.86. The molecule has 0 radical (unpaired) electrons. The monoisotopic (exact) mass is 317 g/mol. The van der Waals surface area contributed by atoms with Crippen LogP contribution in [0, 0.1) is 0 Å². The molecule has 1 aromatic heterocycles. The minimum absolute atomic E-state index is 0.207. The lowest BCUT2D eigenvalue weighted by Gasteiger charge is -2.32. The van der Waals surface area contributed by atoms with Crippen molar-refractivity contribution in [3.8, 4) is 0 Å². The molecule has 0 saturated carbocycles. The Kier molecular flexibility index (Phi) is 4.40. The van der Waals surface area contributed by atoms with E-state index in [0.717, 1.165) is 0 Å². The SMILES string of the molecule is CC(S)C(O)(Cn1cncn1)c1ccc(Cl)cc1Cl. The Labute approximate surface area is 126 Å². The lowest BCUT2D eigenvalue weighted by Crippen LogP contribution is -2.39. The van der Waals surface area contributed by atoms with E-state index in [4.69, 9.17) is 23.2 Å². The number of halogens is 2. The van der Waals surface area contributed by atoms with Gasteiger partial charge in [0.1, 0.15) is 18.3 Å². The number of hydrogen-bond acceptors (Lipinski definition) is 4. The Bertz CT molecular complexity index is 562. The number of benzene rings is 1. The van der Waals surface area contributed by atoms with Crippen molar-refractivity contribution in [3.05, 3.63) is 46.5 Å². The van der Waals surface area contributed by atoms with Gasteiger partial charge in [0.15, 0.2) is 0 Å². The smallest absolute Gasteiger partial charge is 0.137 e. The highest BCUT2D eigenvalue weighted by molar-refractivity contribution is 7.81. The van der Waals surface area contributed by atoms with Crippen molar-refractivity contribution >= 4 is 35.8 Å². The second kappa shape index (κ2) is 5.71. The van der Waals surface area contributed by atoms with E-state index in [1.165, 1.54) is 17.3 Å². The molecule has 2 atom stereocenters. The Morgan fingerprint density at radius 3 is 2.74 bits per heavy atom. The molecule has 1 heterocycles. The summed E-state index contributed by atoms with van der Waals surface area (Å²) < 4.78 is 1.54. The number of thiol groups is 1. The zero-order chi connectivity index (χ0) is 14.0. The molecular weight excluding hydrogens is 305 g/mol. The molecule has 2 rings (SSSR count). The molecule has 0 fully saturated rings. The summed E-state index contributed by atoms with van der Waals surface area (Å²) >= 11 is 16.4. The van der Waals surface area contributed by atoms with Gasteiger partial charge in [-0.1, -0.05) is 36.2 Å². The van der Waals surface area contributed by atoms with E-state index in [-0.39, 0.29) is 11.8 Å². The average Bonchev–Trinajstić information content (AvgIpc) is 2.81. The molecule has 0 saturated heterocycles. The summed E-state index contributed by atoms with van der Waals surface area (Å²) in [7, 11) is 0. The predicted molar refractivity (Wildman–Crippen MR) is 78.8 cm³/mol. The van der Waals surface area contributed by atoms with Crippen molar-refractivity contribution < 1.29 is 5.11 Å². The van der Waals surface area contributed by atoms with Crippen LogP contribution in [-0.4, -0.2) is 25.1 Å². The molecule has 0 aliphatic rings. The summed E-state index contributed by atoms with van der Waals surface area (Å²) in [6, 6.07) is 4.99. The van der Waals surface area contributed by atoms with Gasteiger partial charge in [0.25, 0.3) is 0 Å². The molecule has 1 aromatic carbocycles. The Hall–Kier alpha value is -0.750. The molecule has 0 spiro atoms. The third-order valence-electron chi connectivity index (χ3n) is 2.96. The highest BCUT2D eigenvalue weighted by Gasteiger charge is 2.36. The second-order valence-corrected chi connectivity index (χ2v) is 5.94. The summed E-state index contributed by atoms with van der Waals surface area (Å²) in [6.45, 7) is 2.00. The summed E-state index contributed by atoms with van der Waals surface area (Å²) in [5, 5.41) is 15.5. The summed E-state index contributed by atoms with van der Waals surface area (Å²) in [6.07, 6.45) is 2.94. The maximum atomic E-state index is 10.9. The van der Waals surface area contributed by atoms with Gasteiger partial charge in [-0.25, -0.2) is 9.67 Å². The molecule has 2 unspecified atom stereocenters. The number of hydrogen-bond donors (Lipinski definition) is 2. The van der Waals surface area contributed by atoms with Crippen molar-refractivity contribution in [2.75, 3.05) is 0 Å².